The predicted molar refractivity (Wildman–Crippen MR) is 70.6 cm³/mol. The molecule has 4 atom stereocenters. The number of aliphatic carboxylic acids is 1. The average molecular weight is 284 g/mol. The number of amides is 1. The van der Waals surface area contributed by atoms with Crippen molar-refractivity contribution in [3.8, 4) is 0 Å². The van der Waals surface area contributed by atoms with Crippen LogP contribution in [0.15, 0.2) is 42.5 Å². The first-order chi connectivity index (χ1) is 10.1. The lowest BCUT2D eigenvalue weighted by Gasteiger charge is -2.24. The van der Waals surface area contributed by atoms with Crippen LogP contribution in [0.4, 0.5) is 0 Å². The molecular weight excluding hydrogens is 270 g/mol. The summed E-state index contributed by atoms with van der Waals surface area (Å²) in [6.07, 6.45) is 3.07. The fourth-order valence-electron chi connectivity index (χ4n) is 3.78. The summed E-state index contributed by atoms with van der Waals surface area (Å²) < 4.78 is 5.80. The molecule has 0 radical (unpaired) electrons. The van der Waals surface area contributed by atoms with Crippen molar-refractivity contribution in [2.75, 3.05) is 6.54 Å². The molecule has 3 aliphatic rings. The zero-order valence-corrected chi connectivity index (χ0v) is 11.3. The van der Waals surface area contributed by atoms with Gasteiger partial charge in [0.1, 0.15) is 5.60 Å². The van der Waals surface area contributed by atoms with Crippen LogP contribution in [0.5, 0.6) is 0 Å². The zero-order chi connectivity index (χ0) is 14.6. The van der Waals surface area contributed by atoms with E-state index in [1.54, 1.807) is 11.0 Å². The number of carboxylic acid groups (broad SMARTS) is 1. The second-order valence-corrected chi connectivity index (χ2v) is 5.90. The van der Waals surface area contributed by atoms with Crippen molar-refractivity contribution in [1.29, 1.82) is 0 Å². The van der Waals surface area contributed by atoms with Crippen LogP contribution < -0.4 is 5.11 Å². The van der Waals surface area contributed by atoms with E-state index in [-0.39, 0.29) is 5.91 Å². The fraction of sp³-hybridized carbons (Fsp3) is 0.375. The number of benzene rings is 1. The lowest BCUT2D eigenvalue weighted by molar-refractivity contribution is -0.313. The van der Waals surface area contributed by atoms with Crippen molar-refractivity contribution in [2.24, 2.45) is 11.8 Å². The Balaban J connectivity index is 1.63. The van der Waals surface area contributed by atoms with Gasteiger partial charge < -0.3 is 19.5 Å². The van der Waals surface area contributed by atoms with Gasteiger partial charge >= 0.3 is 0 Å². The largest absolute Gasteiger partial charge is 0.550 e. The van der Waals surface area contributed by atoms with Crippen molar-refractivity contribution in [2.45, 2.75) is 18.2 Å². The first-order valence-corrected chi connectivity index (χ1v) is 7.01. The SMILES string of the molecule is O=C([O-])[C@@H]1[C@H]2C=C[C@@]3(CN(Cc4ccccc4)C(=O)[C@@H]13)O2. The smallest absolute Gasteiger partial charge is 0.230 e. The quantitative estimate of drug-likeness (QED) is 0.716. The molecule has 3 heterocycles. The topological polar surface area (TPSA) is 69.7 Å². The van der Waals surface area contributed by atoms with Gasteiger partial charge in [-0.1, -0.05) is 42.5 Å². The van der Waals surface area contributed by atoms with Crippen LogP contribution in [0, 0.1) is 11.8 Å². The Morgan fingerprint density at radius 1 is 1.38 bits per heavy atom. The first-order valence-electron chi connectivity index (χ1n) is 7.01. The highest BCUT2D eigenvalue weighted by Crippen LogP contribution is 2.51. The molecule has 1 aromatic rings. The molecular formula is C16H14NO4-. The molecule has 0 unspecified atom stereocenters. The van der Waals surface area contributed by atoms with Crippen LogP contribution in [0.2, 0.25) is 0 Å². The minimum atomic E-state index is -1.20. The molecule has 0 saturated carbocycles. The number of ether oxygens (including phenoxy) is 1. The summed E-state index contributed by atoms with van der Waals surface area (Å²) in [5.41, 5.74) is 0.243. The number of carbonyl (C=O) groups excluding carboxylic acids is 2. The van der Waals surface area contributed by atoms with E-state index in [2.05, 4.69) is 0 Å². The minimum Gasteiger partial charge on any atom is -0.550 e. The summed E-state index contributed by atoms with van der Waals surface area (Å²) in [5.74, 6) is -2.88. The van der Waals surface area contributed by atoms with Gasteiger partial charge in [-0.2, -0.15) is 0 Å². The molecule has 4 rings (SSSR count). The Morgan fingerprint density at radius 3 is 2.86 bits per heavy atom. The highest BCUT2D eigenvalue weighted by Gasteiger charge is 2.65. The molecule has 1 aromatic carbocycles. The van der Waals surface area contributed by atoms with Crippen molar-refractivity contribution in [1.82, 2.24) is 4.90 Å². The van der Waals surface area contributed by atoms with Crippen molar-refractivity contribution < 1.29 is 19.4 Å². The summed E-state index contributed by atoms with van der Waals surface area (Å²) in [6.45, 7) is 0.877. The number of hydrogen-bond acceptors (Lipinski definition) is 4. The number of hydrogen-bond donors (Lipinski definition) is 0. The number of carbonyl (C=O) groups is 2. The molecule has 108 valence electrons. The van der Waals surface area contributed by atoms with E-state index in [4.69, 9.17) is 4.74 Å². The molecule has 3 aliphatic heterocycles. The first kappa shape index (κ1) is 12.6. The maximum Gasteiger partial charge on any atom is 0.230 e. The Hall–Kier alpha value is -2.14. The second-order valence-electron chi connectivity index (χ2n) is 5.90. The van der Waals surface area contributed by atoms with Gasteiger partial charge in [-0.05, 0) is 5.56 Å². The molecule has 2 saturated heterocycles. The van der Waals surface area contributed by atoms with Crippen LogP contribution in [0.1, 0.15) is 5.56 Å². The highest BCUT2D eigenvalue weighted by atomic mass is 16.5. The molecule has 0 N–H and O–H groups in total. The Bertz CT molecular complexity index is 641. The lowest BCUT2D eigenvalue weighted by atomic mass is 9.77. The summed E-state index contributed by atoms with van der Waals surface area (Å²) in [4.78, 5) is 25.6. The van der Waals surface area contributed by atoms with E-state index in [0.717, 1.165) is 5.56 Å². The molecule has 2 fully saturated rings. The second kappa shape index (κ2) is 4.18. The van der Waals surface area contributed by atoms with Crippen molar-refractivity contribution in [3.05, 3.63) is 48.0 Å². The molecule has 0 aromatic heterocycles. The van der Waals surface area contributed by atoms with Gasteiger partial charge in [0.15, 0.2) is 0 Å². The number of rotatable bonds is 3. The molecule has 0 aliphatic carbocycles. The van der Waals surface area contributed by atoms with Gasteiger partial charge in [-0.15, -0.1) is 0 Å². The third kappa shape index (κ3) is 1.67. The highest BCUT2D eigenvalue weighted by molar-refractivity contribution is 5.90. The average Bonchev–Trinajstić information content (AvgIpc) is 3.09. The van der Waals surface area contributed by atoms with E-state index < -0.39 is 29.5 Å². The van der Waals surface area contributed by atoms with Crippen molar-refractivity contribution >= 4 is 11.9 Å². The van der Waals surface area contributed by atoms with Crippen LogP contribution in [-0.4, -0.2) is 35.0 Å². The number of likely N-dealkylation sites (tertiary alicyclic amines) is 1. The Morgan fingerprint density at radius 2 is 2.14 bits per heavy atom. The normalized spacial score (nSPS) is 36.3. The minimum absolute atomic E-state index is 0.153. The van der Waals surface area contributed by atoms with Gasteiger partial charge in [0, 0.05) is 18.4 Å². The van der Waals surface area contributed by atoms with Crippen LogP contribution in [0.25, 0.3) is 0 Å². The maximum absolute atomic E-state index is 12.6. The van der Waals surface area contributed by atoms with Gasteiger partial charge in [0.05, 0.1) is 18.6 Å². The van der Waals surface area contributed by atoms with Crippen LogP contribution in [-0.2, 0) is 20.9 Å². The van der Waals surface area contributed by atoms with Crippen LogP contribution >= 0.6 is 0 Å². The van der Waals surface area contributed by atoms with E-state index in [0.29, 0.717) is 13.1 Å². The molecule has 5 heteroatoms. The van der Waals surface area contributed by atoms with Crippen LogP contribution in [0.3, 0.4) is 0 Å². The molecule has 2 bridgehead atoms. The standard InChI is InChI=1S/C16H15NO4/c18-14-13-12(15(19)20)11-6-7-16(13,21-11)9-17(14)8-10-4-2-1-3-5-10/h1-7,11-13H,8-9H2,(H,19,20)/p-1/t11-,12-,13-,16+/m1/s1. The van der Waals surface area contributed by atoms with E-state index in [1.165, 1.54) is 0 Å². The zero-order valence-electron chi connectivity index (χ0n) is 11.3. The van der Waals surface area contributed by atoms with E-state index >= 15 is 0 Å². The molecule has 5 nitrogen and oxygen atoms in total. The van der Waals surface area contributed by atoms with Gasteiger partial charge in [-0.3, -0.25) is 4.79 Å². The predicted octanol–water partition coefficient (Wildman–Crippen LogP) is -0.282. The monoisotopic (exact) mass is 284 g/mol. The lowest BCUT2D eigenvalue weighted by Crippen LogP contribution is -2.45. The Labute approximate surface area is 121 Å². The maximum atomic E-state index is 12.6. The third-order valence-electron chi connectivity index (χ3n) is 4.67. The van der Waals surface area contributed by atoms with E-state index in [1.807, 2.05) is 36.4 Å². The number of carboxylic acids is 1. The van der Waals surface area contributed by atoms with Crippen molar-refractivity contribution in [3.63, 3.8) is 0 Å². The molecule has 1 amide bonds. The third-order valence-corrected chi connectivity index (χ3v) is 4.67. The fourth-order valence-corrected chi connectivity index (χ4v) is 3.78. The summed E-state index contributed by atoms with van der Waals surface area (Å²) in [5, 5.41) is 11.3. The number of nitrogens with zero attached hydrogens (tertiary/aromatic N) is 1. The molecule has 21 heavy (non-hydrogen) atoms. The summed E-state index contributed by atoms with van der Waals surface area (Å²) >= 11 is 0. The van der Waals surface area contributed by atoms with Gasteiger partial charge in [-0.25, -0.2) is 0 Å². The van der Waals surface area contributed by atoms with Gasteiger partial charge in [0.25, 0.3) is 0 Å². The number of fused-ring (bicyclic) bond motifs is 1. The summed E-state index contributed by atoms with van der Waals surface area (Å²) in [7, 11) is 0. The summed E-state index contributed by atoms with van der Waals surface area (Å²) in [6, 6.07) is 9.65. The Kier molecular flexibility index (Phi) is 2.50. The van der Waals surface area contributed by atoms with E-state index in [9.17, 15) is 14.7 Å². The molecule has 1 spiro atoms. The van der Waals surface area contributed by atoms with Gasteiger partial charge in [0.2, 0.25) is 5.91 Å².